The van der Waals surface area contributed by atoms with Crippen molar-refractivity contribution in [2.75, 3.05) is 6.54 Å². The molecule has 0 heterocycles. The number of benzene rings is 2. The molecule has 0 aliphatic heterocycles. The number of rotatable bonds is 7. The van der Waals surface area contributed by atoms with Crippen LogP contribution in [0.4, 0.5) is 4.39 Å². The standard InChI is InChI=1S/C21H28FNO/c1-15-10-19(12-20(22)11-15)16(2)23-14-21(4,17(3)24)13-18-8-6-5-7-9-18/h5-12,16-17,23-24H,13-14H2,1-4H3. The predicted molar refractivity (Wildman–Crippen MR) is 97.5 cm³/mol. The normalized spacial score (nSPS) is 16.4. The minimum atomic E-state index is -0.452. The second kappa shape index (κ2) is 7.91. The van der Waals surface area contributed by atoms with Gasteiger partial charge < -0.3 is 10.4 Å². The van der Waals surface area contributed by atoms with E-state index in [1.165, 1.54) is 11.6 Å². The second-order valence-corrected chi connectivity index (χ2v) is 7.16. The average molecular weight is 329 g/mol. The Bertz CT molecular complexity index is 636. The maximum Gasteiger partial charge on any atom is 0.123 e. The molecule has 24 heavy (non-hydrogen) atoms. The van der Waals surface area contributed by atoms with Gasteiger partial charge in [-0.25, -0.2) is 4.39 Å². The molecule has 3 atom stereocenters. The lowest BCUT2D eigenvalue weighted by Gasteiger charge is -2.34. The van der Waals surface area contributed by atoms with Crippen LogP contribution in [0, 0.1) is 18.2 Å². The minimum absolute atomic E-state index is 0.0215. The molecular formula is C21H28FNO. The Hall–Kier alpha value is -1.71. The monoisotopic (exact) mass is 329 g/mol. The van der Waals surface area contributed by atoms with Crippen LogP contribution in [0.25, 0.3) is 0 Å². The van der Waals surface area contributed by atoms with Gasteiger partial charge in [-0.05, 0) is 56.0 Å². The molecule has 0 saturated carbocycles. The molecule has 0 spiro atoms. The average Bonchev–Trinajstić information content (AvgIpc) is 2.52. The molecule has 3 unspecified atom stereocenters. The molecule has 0 amide bonds. The van der Waals surface area contributed by atoms with E-state index in [9.17, 15) is 9.50 Å². The number of aliphatic hydroxyl groups is 1. The summed E-state index contributed by atoms with van der Waals surface area (Å²) >= 11 is 0. The van der Waals surface area contributed by atoms with E-state index in [4.69, 9.17) is 0 Å². The lowest BCUT2D eigenvalue weighted by molar-refractivity contribution is 0.0503. The highest BCUT2D eigenvalue weighted by atomic mass is 19.1. The molecule has 3 heteroatoms. The number of hydrogen-bond donors (Lipinski definition) is 2. The predicted octanol–water partition coefficient (Wildman–Crippen LogP) is 4.41. The summed E-state index contributed by atoms with van der Waals surface area (Å²) in [5, 5.41) is 13.8. The van der Waals surface area contributed by atoms with E-state index in [-0.39, 0.29) is 17.3 Å². The molecule has 2 aromatic rings. The van der Waals surface area contributed by atoms with Gasteiger partial charge in [-0.2, -0.15) is 0 Å². The fraction of sp³-hybridized carbons (Fsp3) is 0.429. The molecule has 0 aromatic heterocycles. The molecule has 0 bridgehead atoms. The molecule has 0 aliphatic rings. The fourth-order valence-corrected chi connectivity index (χ4v) is 2.94. The van der Waals surface area contributed by atoms with Crippen LogP contribution in [-0.4, -0.2) is 17.8 Å². The molecule has 2 aromatic carbocycles. The van der Waals surface area contributed by atoms with Crippen molar-refractivity contribution < 1.29 is 9.50 Å². The summed E-state index contributed by atoms with van der Waals surface area (Å²) in [4.78, 5) is 0. The smallest absolute Gasteiger partial charge is 0.123 e. The zero-order chi connectivity index (χ0) is 17.7. The summed E-state index contributed by atoms with van der Waals surface area (Å²) in [5.74, 6) is -0.207. The van der Waals surface area contributed by atoms with Crippen LogP contribution >= 0.6 is 0 Å². The van der Waals surface area contributed by atoms with E-state index >= 15 is 0 Å². The van der Waals surface area contributed by atoms with Crippen LogP contribution in [0.15, 0.2) is 48.5 Å². The van der Waals surface area contributed by atoms with Gasteiger partial charge in [0.05, 0.1) is 6.10 Å². The van der Waals surface area contributed by atoms with E-state index in [1.54, 1.807) is 6.07 Å². The van der Waals surface area contributed by atoms with E-state index in [1.807, 2.05) is 45.0 Å². The van der Waals surface area contributed by atoms with E-state index in [0.717, 1.165) is 17.5 Å². The Morgan fingerprint density at radius 1 is 1.12 bits per heavy atom. The maximum atomic E-state index is 13.6. The van der Waals surface area contributed by atoms with E-state index in [0.29, 0.717) is 6.54 Å². The fourth-order valence-electron chi connectivity index (χ4n) is 2.94. The molecule has 0 radical (unpaired) electrons. The van der Waals surface area contributed by atoms with Crippen molar-refractivity contribution in [2.45, 2.75) is 46.3 Å². The molecule has 2 rings (SSSR count). The third kappa shape index (κ3) is 4.89. The summed E-state index contributed by atoms with van der Waals surface area (Å²) in [6.45, 7) is 8.49. The zero-order valence-corrected chi connectivity index (χ0v) is 15.0. The molecule has 2 nitrogen and oxygen atoms in total. The first-order valence-electron chi connectivity index (χ1n) is 8.52. The Morgan fingerprint density at radius 2 is 1.79 bits per heavy atom. The largest absolute Gasteiger partial charge is 0.393 e. The van der Waals surface area contributed by atoms with Gasteiger partial charge in [0.2, 0.25) is 0 Å². The van der Waals surface area contributed by atoms with Gasteiger partial charge in [-0.1, -0.05) is 43.3 Å². The Morgan fingerprint density at radius 3 is 2.38 bits per heavy atom. The highest BCUT2D eigenvalue weighted by Crippen LogP contribution is 2.27. The number of aliphatic hydroxyl groups excluding tert-OH is 1. The van der Waals surface area contributed by atoms with Crippen molar-refractivity contribution in [2.24, 2.45) is 5.41 Å². The van der Waals surface area contributed by atoms with Crippen LogP contribution in [0.3, 0.4) is 0 Å². The third-order valence-electron chi connectivity index (χ3n) is 4.84. The number of aryl methyl sites for hydroxylation is 1. The molecule has 0 fully saturated rings. The van der Waals surface area contributed by atoms with Crippen molar-refractivity contribution in [1.82, 2.24) is 5.32 Å². The molecule has 2 N–H and O–H groups in total. The van der Waals surface area contributed by atoms with Gasteiger partial charge in [0, 0.05) is 18.0 Å². The summed E-state index contributed by atoms with van der Waals surface area (Å²) in [7, 11) is 0. The summed E-state index contributed by atoms with van der Waals surface area (Å²) in [5.41, 5.74) is 2.76. The van der Waals surface area contributed by atoms with Gasteiger partial charge in [0.15, 0.2) is 0 Å². The topological polar surface area (TPSA) is 32.3 Å². The van der Waals surface area contributed by atoms with Crippen LogP contribution < -0.4 is 5.32 Å². The van der Waals surface area contributed by atoms with Gasteiger partial charge in [0.25, 0.3) is 0 Å². The quantitative estimate of drug-likeness (QED) is 0.788. The van der Waals surface area contributed by atoms with Crippen molar-refractivity contribution in [3.8, 4) is 0 Å². The third-order valence-corrected chi connectivity index (χ3v) is 4.84. The summed E-state index contributed by atoms with van der Waals surface area (Å²) in [6, 6.07) is 15.3. The highest BCUT2D eigenvalue weighted by molar-refractivity contribution is 5.26. The first-order chi connectivity index (χ1) is 11.3. The van der Waals surface area contributed by atoms with Crippen molar-refractivity contribution in [3.63, 3.8) is 0 Å². The Kier molecular flexibility index (Phi) is 6.14. The lowest BCUT2D eigenvalue weighted by Crippen LogP contribution is -2.42. The molecule has 130 valence electrons. The van der Waals surface area contributed by atoms with Gasteiger partial charge in [0.1, 0.15) is 5.82 Å². The minimum Gasteiger partial charge on any atom is -0.393 e. The number of nitrogens with one attached hydrogen (secondary N) is 1. The molecule has 0 aliphatic carbocycles. The SMILES string of the molecule is Cc1cc(F)cc(C(C)NCC(C)(Cc2ccccc2)C(C)O)c1. The zero-order valence-electron chi connectivity index (χ0n) is 15.0. The van der Waals surface area contributed by atoms with Crippen LogP contribution in [-0.2, 0) is 6.42 Å². The molecule has 0 saturated heterocycles. The van der Waals surface area contributed by atoms with Crippen LogP contribution in [0.1, 0.15) is 43.5 Å². The lowest BCUT2D eigenvalue weighted by atomic mass is 9.78. The van der Waals surface area contributed by atoms with E-state index < -0.39 is 6.10 Å². The van der Waals surface area contributed by atoms with Gasteiger partial charge in [-0.3, -0.25) is 0 Å². The number of halogens is 1. The Labute approximate surface area is 144 Å². The second-order valence-electron chi connectivity index (χ2n) is 7.16. The maximum absolute atomic E-state index is 13.6. The Balaban J connectivity index is 2.07. The molecular weight excluding hydrogens is 301 g/mol. The van der Waals surface area contributed by atoms with Crippen molar-refractivity contribution in [3.05, 3.63) is 71.0 Å². The van der Waals surface area contributed by atoms with Crippen molar-refractivity contribution >= 4 is 0 Å². The van der Waals surface area contributed by atoms with Crippen LogP contribution in [0.5, 0.6) is 0 Å². The number of hydrogen-bond acceptors (Lipinski definition) is 2. The van der Waals surface area contributed by atoms with Gasteiger partial charge in [-0.15, -0.1) is 0 Å². The first-order valence-corrected chi connectivity index (χ1v) is 8.52. The summed E-state index contributed by atoms with van der Waals surface area (Å²) < 4.78 is 13.6. The van der Waals surface area contributed by atoms with Crippen molar-refractivity contribution in [1.29, 1.82) is 0 Å². The summed E-state index contributed by atoms with van der Waals surface area (Å²) in [6.07, 6.45) is 0.333. The first kappa shape index (κ1) is 18.6. The highest BCUT2D eigenvalue weighted by Gasteiger charge is 2.30. The van der Waals surface area contributed by atoms with Gasteiger partial charge >= 0.3 is 0 Å². The van der Waals surface area contributed by atoms with E-state index in [2.05, 4.69) is 24.4 Å². The van der Waals surface area contributed by atoms with Crippen LogP contribution in [0.2, 0.25) is 0 Å².